The Labute approximate surface area is 96.9 Å². The molecule has 2 aromatic rings. The Balaban J connectivity index is 1.91. The molecule has 0 unspecified atom stereocenters. The molecule has 0 aliphatic carbocycles. The summed E-state index contributed by atoms with van der Waals surface area (Å²) < 4.78 is 1.13. The molecule has 3 rings (SSSR count). The van der Waals surface area contributed by atoms with E-state index in [0.717, 1.165) is 15.0 Å². The number of hydrogen-bond acceptors (Lipinski definition) is 3. The zero-order valence-electron chi connectivity index (χ0n) is 8.59. The number of aliphatic hydroxyl groups is 1. The molecule has 1 fully saturated rings. The maximum atomic E-state index is 12.0. The van der Waals surface area contributed by atoms with E-state index in [-0.39, 0.29) is 12.0 Å². The molecule has 4 heteroatoms. The third kappa shape index (κ3) is 1.50. The van der Waals surface area contributed by atoms with Crippen molar-refractivity contribution in [1.29, 1.82) is 0 Å². The van der Waals surface area contributed by atoms with E-state index in [2.05, 4.69) is 0 Å². The largest absolute Gasteiger partial charge is 0.389 e. The first kappa shape index (κ1) is 9.81. The molecule has 1 N–H and O–H groups in total. The van der Waals surface area contributed by atoms with E-state index < -0.39 is 0 Å². The number of carbonyl (C=O) groups is 1. The van der Waals surface area contributed by atoms with Crippen LogP contribution >= 0.6 is 11.3 Å². The molecule has 1 aromatic heterocycles. The van der Waals surface area contributed by atoms with Gasteiger partial charge in [-0.3, -0.25) is 4.79 Å². The molecule has 2 heterocycles. The van der Waals surface area contributed by atoms with Gasteiger partial charge in [0.1, 0.15) is 0 Å². The molecule has 82 valence electrons. The van der Waals surface area contributed by atoms with Crippen LogP contribution in [0.4, 0.5) is 0 Å². The highest BCUT2D eigenvalue weighted by Gasteiger charge is 2.30. The molecule has 0 spiro atoms. The summed E-state index contributed by atoms with van der Waals surface area (Å²) in [5.41, 5.74) is 0. The lowest BCUT2D eigenvalue weighted by Crippen LogP contribution is -2.53. The second kappa shape index (κ2) is 3.57. The van der Waals surface area contributed by atoms with Gasteiger partial charge in [-0.05, 0) is 17.5 Å². The maximum Gasteiger partial charge on any atom is 0.264 e. The number of nitrogens with zero attached hydrogens (tertiary/aromatic N) is 1. The van der Waals surface area contributed by atoms with Gasteiger partial charge in [0.15, 0.2) is 0 Å². The highest BCUT2D eigenvalue weighted by molar-refractivity contribution is 7.20. The van der Waals surface area contributed by atoms with E-state index in [0.29, 0.717) is 13.1 Å². The third-order valence-corrected chi connectivity index (χ3v) is 3.89. The number of β-amino-alcohol motifs (C(OH)–C–C–N with tert-alkyl or cyclic N) is 1. The van der Waals surface area contributed by atoms with Crippen LogP contribution in [0.15, 0.2) is 30.3 Å². The molecule has 1 aliphatic heterocycles. The molecule has 1 amide bonds. The van der Waals surface area contributed by atoms with Crippen LogP contribution in [-0.2, 0) is 0 Å². The Hall–Kier alpha value is -1.39. The Kier molecular flexibility index (Phi) is 2.19. The van der Waals surface area contributed by atoms with Crippen LogP contribution in [0.3, 0.4) is 0 Å². The van der Waals surface area contributed by atoms with Crippen LogP contribution in [0.25, 0.3) is 10.1 Å². The first-order valence-electron chi connectivity index (χ1n) is 5.20. The van der Waals surface area contributed by atoms with Gasteiger partial charge in [0, 0.05) is 17.8 Å². The van der Waals surface area contributed by atoms with Crippen molar-refractivity contribution in [1.82, 2.24) is 4.90 Å². The molecular formula is C12H11NO2S. The molecule has 0 bridgehead atoms. The van der Waals surface area contributed by atoms with Crippen molar-refractivity contribution in [2.45, 2.75) is 6.10 Å². The van der Waals surface area contributed by atoms with Gasteiger partial charge in [-0.15, -0.1) is 11.3 Å². The summed E-state index contributed by atoms with van der Waals surface area (Å²) in [6, 6.07) is 9.89. The quantitative estimate of drug-likeness (QED) is 0.814. The highest BCUT2D eigenvalue weighted by atomic mass is 32.1. The lowest BCUT2D eigenvalue weighted by atomic mass is 10.1. The molecule has 0 radical (unpaired) electrons. The predicted molar refractivity (Wildman–Crippen MR) is 63.7 cm³/mol. The molecule has 0 saturated carbocycles. The Morgan fingerprint density at radius 1 is 1.38 bits per heavy atom. The number of carbonyl (C=O) groups excluding carboxylic acids is 1. The van der Waals surface area contributed by atoms with Crippen LogP contribution in [0.1, 0.15) is 9.67 Å². The SMILES string of the molecule is O=C(c1cc2ccccc2s1)N1CC(O)C1. The minimum atomic E-state index is -0.335. The standard InChI is InChI=1S/C12H11NO2S/c14-9-6-13(7-9)12(15)11-5-8-3-1-2-4-10(8)16-11/h1-5,9,14H,6-7H2. The Morgan fingerprint density at radius 2 is 2.12 bits per heavy atom. The predicted octanol–water partition coefficient (Wildman–Crippen LogP) is 1.72. The number of amides is 1. The summed E-state index contributed by atoms with van der Waals surface area (Å²) >= 11 is 1.51. The number of benzene rings is 1. The van der Waals surface area contributed by atoms with Gasteiger partial charge in [0.2, 0.25) is 0 Å². The van der Waals surface area contributed by atoms with Crippen molar-refractivity contribution in [2.24, 2.45) is 0 Å². The van der Waals surface area contributed by atoms with Crippen LogP contribution in [0, 0.1) is 0 Å². The van der Waals surface area contributed by atoms with E-state index in [4.69, 9.17) is 5.11 Å². The fraction of sp³-hybridized carbons (Fsp3) is 0.250. The second-order valence-corrected chi connectivity index (χ2v) is 5.10. The zero-order valence-corrected chi connectivity index (χ0v) is 9.41. The molecule has 16 heavy (non-hydrogen) atoms. The molecule has 3 nitrogen and oxygen atoms in total. The Morgan fingerprint density at radius 3 is 2.81 bits per heavy atom. The Bertz CT molecular complexity index is 510. The van der Waals surface area contributed by atoms with E-state index >= 15 is 0 Å². The van der Waals surface area contributed by atoms with Gasteiger partial charge in [0.25, 0.3) is 5.91 Å². The van der Waals surface area contributed by atoms with E-state index in [1.165, 1.54) is 11.3 Å². The normalized spacial score (nSPS) is 16.4. The molecule has 1 saturated heterocycles. The van der Waals surface area contributed by atoms with Gasteiger partial charge in [-0.2, -0.15) is 0 Å². The lowest BCUT2D eigenvalue weighted by Gasteiger charge is -2.35. The minimum absolute atomic E-state index is 0.0338. The smallest absolute Gasteiger partial charge is 0.264 e. The van der Waals surface area contributed by atoms with Crippen LogP contribution in [0.2, 0.25) is 0 Å². The monoisotopic (exact) mass is 233 g/mol. The fourth-order valence-electron chi connectivity index (χ4n) is 1.86. The number of rotatable bonds is 1. The van der Waals surface area contributed by atoms with Crippen LogP contribution < -0.4 is 0 Å². The third-order valence-electron chi connectivity index (χ3n) is 2.79. The van der Waals surface area contributed by atoms with E-state index in [9.17, 15) is 4.79 Å². The number of thiophene rings is 1. The molecule has 1 aliphatic rings. The highest BCUT2D eigenvalue weighted by Crippen LogP contribution is 2.27. The van der Waals surface area contributed by atoms with E-state index in [1.807, 2.05) is 30.3 Å². The summed E-state index contributed by atoms with van der Waals surface area (Å²) in [5, 5.41) is 10.3. The molecule has 0 atom stereocenters. The van der Waals surface area contributed by atoms with Gasteiger partial charge in [-0.25, -0.2) is 0 Å². The van der Waals surface area contributed by atoms with Gasteiger partial charge in [-0.1, -0.05) is 18.2 Å². The topological polar surface area (TPSA) is 40.5 Å². The fourth-order valence-corrected chi connectivity index (χ4v) is 2.89. The van der Waals surface area contributed by atoms with Crippen molar-refractivity contribution in [2.75, 3.05) is 13.1 Å². The number of hydrogen-bond donors (Lipinski definition) is 1. The van der Waals surface area contributed by atoms with Crippen LogP contribution in [0.5, 0.6) is 0 Å². The maximum absolute atomic E-state index is 12.0. The van der Waals surface area contributed by atoms with E-state index in [1.54, 1.807) is 4.90 Å². The van der Waals surface area contributed by atoms with Gasteiger partial charge < -0.3 is 10.0 Å². The van der Waals surface area contributed by atoms with Crippen molar-refractivity contribution in [3.8, 4) is 0 Å². The lowest BCUT2D eigenvalue weighted by molar-refractivity contribution is 0.00623. The van der Waals surface area contributed by atoms with Crippen molar-refractivity contribution in [3.05, 3.63) is 35.2 Å². The van der Waals surface area contributed by atoms with Crippen molar-refractivity contribution in [3.63, 3.8) is 0 Å². The van der Waals surface area contributed by atoms with Crippen LogP contribution in [-0.4, -0.2) is 35.1 Å². The average Bonchev–Trinajstić information content (AvgIpc) is 2.67. The van der Waals surface area contributed by atoms with Crippen molar-refractivity contribution >= 4 is 27.3 Å². The minimum Gasteiger partial charge on any atom is -0.389 e. The number of likely N-dealkylation sites (tertiary alicyclic amines) is 1. The second-order valence-electron chi connectivity index (χ2n) is 4.01. The summed E-state index contributed by atoms with van der Waals surface area (Å²) in [7, 11) is 0. The number of fused-ring (bicyclic) bond motifs is 1. The van der Waals surface area contributed by atoms with Crippen molar-refractivity contribution < 1.29 is 9.90 Å². The molecular weight excluding hydrogens is 222 g/mol. The summed E-state index contributed by atoms with van der Waals surface area (Å²) in [4.78, 5) is 14.4. The molecule has 1 aromatic carbocycles. The van der Waals surface area contributed by atoms with Gasteiger partial charge >= 0.3 is 0 Å². The number of aliphatic hydroxyl groups excluding tert-OH is 1. The van der Waals surface area contributed by atoms with Gasteiger partial charge in [0.05, 0.1) is 11.0 Å². The summed E-state index contributed by atoms with van der Waals surface area (Å²) in [6.07, 6.45) is -0.335. The zero-order chi connectivity index (χ0) is 11.1. The average molecular weight is 233 g/mol. The summed E-state index contributed by atoms with van der Waals surface area (Å²) in [5.74, 6) is 0.0338. The first-order chi connectivity index (χ1) is 7.74. The summed E-state index contributed by atoms with van der Waals surface area (Å²) in [6.45, 7) is 0.931. The first-order valence-corrected chi connectivity index (χ1v) is 6.01.